The lowest BCUT2D eigenvalue weighted by Gasteiger charge is -2.21. The van der Waals surface area contributed by atoms with E-state index in [0.29, 0.717) is 23.7 Å². The van der Waals surface area contributed by atoms with Gasteiger partial charge in [0.1, 0.15) is 0 Å². The summed E-state index contributed by atoms with van der Waals surface area (Å²) in [7, 11) is 2.56. The third-order valence-corrected chi connectivity index (χ3v) is 3.56. The molecule has 17 heavy (non-hydrogen) atoms. The number of carbonyl (C=O) groups is 1. The van der Waals surface area contributed by atoms with Gasteiger partial charge in [0, 0.05) is 17.3 Å². The van der Waals surface area contributed by atoms with Crippen LogP contribution in [0, 0.1) is 0 Å². The maximum Gasteiger partial charge on any atom is 0.322 e. The summed E-state index contributed by atoms with van der Waals surface area (Å²) in [6.45, 7) is 0.369. The highest BCUT2D eigenvalue weighted by atomic mass is 35.5. The van der Waals surface area contributed by atoms with E-state index in [2.05, 4.69) is 14.6 Å². The summed E-state index contributed by atoms with van der Waals surface area (Å²) in [6, 6.07) is 6.71. The topological polar surface area (TPSA) is 52.6 Å². The van der Waals surface area contributed by atoms with Crippen LogP contribution in [0.4, 0.5) is 10.5 Å². The van der Waals surface area contributed by atoms with Crippen LogP contribution >= 0.6 is 20.8 Å². The van der Waals surface area contributed by atoms with Gasteiger partial charge in [-0.3, -0.25) is 0 Å². The fraction of sp³-hybridized carbons (Fsp3) is 0.364. The smallest absolute Gasteiger partial charge is 0.322 e. The van der Waals surface area contributed by atoms with Crippen LogP contribution in [0.1, 0.15) is 6.42 Å². The van der Waals surface area contributed by atoms with Crippen LogP contribution in [0.2, 0.25) is 5.02 Å². The highest BCUT2D eigenvalue weighted by Gasteiger charge is 2.31. The molecule has 1 heterocycles. The molecule has 0 radical (unpaired) electrons. The molecule has 1 aromatic carbocycles. The third kappa shape index (κ3) is 3.09. The van der Waals surface area contributed by atoms with Crippen molar-refractivity contribution in [3.05, 3.63) is 29.3 Å². The summed E-state index contributed by atoms with van der Waals surface area (Å²) in [6.07, 6.45) is 0.159. The van der Waals surface area contributed by atoms with Crippen molar-refractivity contribution in [2.24, 2.45) is 0 Å². The van der Waals surface area contributed by atoms with Crippen LogP contribution in [0.15, 0.2) is 24.3 Å². The Morgan fingerprint density at radius 1 is 1.47 bits per heavy atom. The van der Waals surface area contributed by atoms with Gasteiger partial charge in [-0.05, 0) is 30.7 Å². The van der Waals surface area contributed by atoms with E-state index >= 15 is 0 Å². The molecule has 92 valence electrons. The minimum absolute atomic E-state index is 0.0164. The molecule has 1 unspecified atom stereocenters. The van der Waals surface area contributed by atoms with Crippen molar-refractivity contribution in [3.63, 3.8) is 0 Å². The van der Waals surface area contributed by atoms with Gasteiger partial charge < -0.3 is 15.3 Å². The Balaban J connectivity index is 1.99. The fourth-order valence-corrected chi connectivity index (χ4v) is 2.50. The molecule has 1 fully saturated rings. The van der Waals surface area contributed by atoms with Gasteiger partial charge in [0.2, 0.25) is 0 Å². The quantitative estimate of drug-likeness (QED) is 0.770. The first-order chi connectivity index (χ1) is 8.06. The molecule has 0 bridgehead atoms. The zero-order valence-corrected chi connectivity index (χ0v) is 11.0. The lowest BCUT2D eigenvalue weighted by atomic mass is 10.3. The molecule has 1 aromatic rings. The Bertz CT molecular complexity index is 412. The molecule has 1 aliphatic rings. The van der Waals surface area contributed by atoms with Gasteiger partial charge in [0.15, 0.2) is 0 Å². The Hall–Kier alpha value is -0.830. The van der Waals surface area contributed by atoms with Crippen molar-refractivity contribution in [3.8, 4) is 0 Å². The molecule has 0 spiro atoms. The molecule has 3 atom stereocenters. The predicted octanol–water partition coefficient (Wildman–Crippen LogP) is 2.14. The van der Waals surface area contributed by atoms with E-state index in [4.69, 9.17) is 11.6 Å². The summed E-state index contributed by atoms with van der Waals surface area (Å²) < 4.78 is 0. The van der Waals surface area contributed by atoms with E-state index in [1.807, 2.05) is 0 Å². The Morgan fingerprint density at radius 3 is 2.65 bits per heavy atom. The summed E-state index contributed by atoms with van der Waals surface area (Å²) in [5.41, 5.74) is 0.693. The number of hydrogen-bond acceptors (Lipinski definition) is 2. The van der Waals surface area contributed by atoms with Crippen LogP contribution in [0.25, 0.3) is 0 Å². The van der Waals surface area contributed by atoms with Crippen molar-refractivity contribution >= 4 is 32.6 Å². The van der Waals surface area contributed by atoms with Gasteiger partial charge in [0.25, 0.3) is 0 Å². The van der Waals surface area contributed by atoms with Crippen LogP contribution in [0.5, 0.6) is 0 Å². The maximum absolute atomic E-state index is 11.9. The van der Waals surface area contributed by atoms with E-state index in [9.17, 15) is 9.90 Å². The fourth-order valence-electron chi connectivity index (χ4n) is 1.80. The van der Waals surface area contributed by atoms with E-state index in [-0.39, 0.29) is 11.8 Å². The van der Waals surface area contributed by atoms with Gasteiger partial charge >= 0.3 is 6.03 Å². The summed E-state index contributed by atoms with van der Waals surface area (Å²) in [4.78, 5) is 13.5. The molecule has 0 aliphatic carbocycles. The number of nitrogens with zero attached hydrogens (tertiary/aromatic N) is 1. The summed E-state index contributed by atoms with van der Waals surface area (Å²) in [5, 5.41) is 12.9. The lowest BCUT2D eigenvalue weighted by molar-refractivity contribution is 0.176. The molecule has 4 nitrogen and oxygen atoms in total. The van der Waals surface area contributed by atoms with Gasteiger partial charge in [-0.25, -0.2) is 4.79 Å². The normalized spacial score (nSPS) is 23.8. The van der Waals surface area contributed by atoms with Crippen LogP contribution in [0.3, 0.4) is 0 Å². The number of anilines is 1. The zero-order valence-electron chi connectivity index (χ0n) is 9.14. The molecule has 0 aromatic heterocycles. The standard InChI is InChI=1S/C11H14ClN2O2P/c12-7-1-3-8(4-2-7)13-11(16)14-6-9(15)5-10(14)17/h1-4,9-10,15H,5-6,17H2,(H,13,16)/t9-,10+/m1/s1. The molecule has 0 saturated carbocycles. The number of hydrogen-bond donors (Lipinski definition) is 2. The molecule has 2 amide bonds. The van der Waals surface area contributed by atoms with Gasteiger partial charge in [0.05, 0.1) is 11.9 Å². The molecular formula is C11H14ClN2O2P. The van der Waals surface area contributed by atoms with Crippen molar-refractivity contribution in [1.82, 2.24) is 4.90 Å². The second-order valence-electron chi connectivity index (χ2n) is 4.05. The molecule has 6 heteroatoms. The molecular weight excluding hydrogens is 259 g/mol. The van der Waals surface area contributed by atoms with Crippen molar-refractivity contribution in [1.29, 1.82) is 0 Å². The van der Waals surface area contributed by atoms with Crippen LogP contribution in [-0.4, -0.2) is 34.5 Å². The van der Waals surface area contributed by atoms with Crippen molar-refractivity contribution in [2.75, 3.05) is 11.9 Å². The molecule has 2 rings (SSSR count). The number of rotatable bonds is 1. The summed E-state index contributed by atoms with van der Waals surface area (Å²) >= 11 is 5.76. The van der Waals surface area contributed by atoms with Gasteiger partial charge in [-0.2, -0.15) is 0 Å². The van der Waals surface area contributed by atoms with Crippen LogP contribution in [-0.2, 0) is 0 Å². The largest absolute Gasteiger partial charge is 0.391 e. The highest BCUT2D eigenvalue weighted by Crippen LogP contribution is 2.24. The Kier molecular flexibility index (Phi) is 3.87. The Morgan fingerprint density at radius 2 is 2.12 bits per heavy atom. The molecule has 2 N–H and O–H groups in total. The second kappa shape index (κ2) is 5.21. The number of urea groups is 1. The van der Waals surface area contributed by atoms with E-state index in [1.54, 1.807) is 29.2 Å². The Labute approximate surface area is 107 Å². The number of nitrogens with one attached hydrogen (secondary N) is 1. The monoisotopic (exact) mass is 272 g/mol. The maximum atomic E-state index is 11.9. The number of aliphatic hydroxyl groups is 1. The second-order valence-corrected chi connectivity index (χ2v) is 5.25. The average molecular weight is 273 g/mol. The predicted molar refractivity (Wildman–Crippen MR) is 71.3 cm³/mol. The first kappa shape index (κ1) is 12.6. The first-order valence-electron chi connectivity index (χ1n) is 5.33. The number of benzene rings is 1. The van der Waals surface area contributed by atoms with E-state index < -0.39 is 6.10 Å². The highest BCUT2D eigenvalue weighted by molar-refractivity contribution is 7.17. The molecule has 1 saturated heterocycles. The van der Waals surface area contributed by atoms with E-state index in [0.717, 1.165) is 0 Å². The average Bonchev–Trinajstić information content (AvgIpc) is 2.61. The zero-order chi connectivity index (χ0) is 12.4. The SMILES string of the molecule is O=C(Nc1ccc(Cl)cc1)N1C[C@H](O)C[C@@H]1P. The third-order valence-electron chi connectivity index (χ3n) is 2.68. The van der Waals surface area contributed by atoms with Crippen LogP contribution < -0.4 is 5.32 Å². The summed E-state index contributed by atoms with van der Waals surface area (Å²) in [5.74, 6) is -0.0164. The number of halogens is 1. The lowest BCUT2D eigenvalue weighted by Crippen LogP contribution is -2.36. The van der Waals surface area contributed by atoms with Gasteiger partial charge in [-0.15, -0.1) is 9.24 Å². The van der Waals surface area contributed by atoms with Crippen molar-refractivity contribution < 1.29 is 9.90 Å². The van der Waals surface area contributed by atoms with Crippen molar-refractivity contribution in [2.45, 2.75) is 18.3 Å². The van der Waals surface area contributed by atoms with Gasteiger partial charge in [-0.1, -0.05) is 11.6 Å². The number of amides is 2. The number of likely N-dealkylation sites (tertiary alicyclic amines) is 1. The molecule has 1 aliphatic heterocycles. The number of carbonyl (C=O) groups excluding carboxylic acids is 1. The minimum Gasteiger partial charge on any atom is -0.391 e. The van der Waals surface area contributed by atoms with E-state index in [1.165, 1.54) is 0 Å². The number of aliphatic hydroxyl groups excluding tert-OH is 1. The first-order valence-corrected chi connectivity index (χ1v) is 6.37. The number of β-amino-alcohol motifs (C(OH)–C–C–N with tert-alkyl or cyclic N) is 1. The minimum atomic E-state index is -0.437.